The maximum atomic E-state index is 5.18. The van der Waals surface area contributed by atoms with Gasteiger partial charge >= 0.3 is 0 Å². The Morgan fingerprint density at radius 3 is 1.85 bits per heavy atom. The van der Waals surface area contributed by atoms with Crippen molar-refractivity contribution < 1.29 is 0 Å². The molecule has 0 unspecified atom stereocenters. The lowest BCUT2D eigenvalue weighted by Gasteiger charge is -2.34. The van der Waals surface area contributed by atoms with Crippen LogP contribution in [0, 0.1) is 13.8 Å². The topological polar surface area (TPSA) is 37.6 Å². The molecule has 47 heavy (non-hydrogen) atoms. The summed E-state index contributed by atoms with van der Waals surface area (Å²) in [6.45, 7) is 12.5. The average molecular weight is 606 g/mol. The van der Waals surface area contributed by atoms with Crippen LogP contribution in [-0.4, -0.2) is 16.5 Å². The Hall–Kier alpha value is -5.93. The van der Waals surface area contributed by atoms with E-state index >= 15 is 0 Å². The minimum absolute atomic E-state index is 0.533. The van der Waals surface area contributed by atoms with Crippen LogP contribution in [0.4, 0.5) is 0 Å². The van der Waals surface area contributed by atoms with E-state index in [1.807, 2.05) is 56.3 Å². The zero-order valence-corrected chi connectivity index (χ0v) is 26.7. The number of fused-ring (bicyclic) bond motifs is 3. The van der Waals surface area contributed by atoms with Gasteiger partial charge in [-0.05, 0) is 71.5 Å². The highest BCUT2D eigenvalue weighted by atomic mass is 14.9. The quantitative estimate of drug-likeness (QED) is 0.132. The fourth-order valence-corrected chi connectivity index (χ4v) is 6.87. The van der Waals surface area contributed by atoms with E-state index in [1.165, 1.54) is 33.4 Å². The monoisotopic (exact) mass is 605 g/mol. The fraction of sp³-hybridized carbons (Fsp3) is 0.0682. The second kappa shape index (κ2) is 12.5. The van der Waals surface area contributed by atoms with Gasteiger partial charge in [0.25, 0.3) is 0 Å². The number of hydrogen-bond acceptors (Lipinski definition) is 2. The van der Waals surface area contributed by atoms with Crippen LogP contribution in [0.5, 0.6) is 0 Å². The molecule has 0 bridgehead atoms. The molecule has 0 saturated heterocycles. The standard InChI is InChI=1S/C44H35N3/c1-5-42(33-17-9-6-10-18-33)47-43(46-32(4)37-27-25-30(2)45-31(37)3)34-26-28-39-38-23-15-16-24-40(38)44(41(39)29-34,35-19-11-7-12-20-35)36-21-13-8-14-22-36/h5-29H,1,4H2,2-3H3/b46-43-,47-42+. The lowest BCUT2D eigenvalue weighted by Crippen LogP contribution is -2.28. The molecule has 0 aliphatic heterocycles. The molecular formula is C44H35N3. The molecule has 0 amide bonds. The van der Waals surface area contributed by atoms with Gasteiger partial charge in [0.15, 0.2) is 5.84 Å². The van der Waals surface area contributed by atoms with Crippen molar-refractivity contribution in [2.45, 2.75) is 19.3 Å². The lowest BCUT2D eigenvalue weighted by molar-refractivity contribution is 0.768. The van der Waals surface area contributed by atoms with E-state index < -0.39 is 5.41 Å². The minimum Gasteiger partial charge on any atom is -0.258 e. The number of aromatic nitrogens is 1. The van der Waals surface area contributed by atoms with Gasteiger partial charge in [0.2, 0.25) is 0 Å². The SMILES string of the molecule is C=C/C(=N\C(=N/C(=C)c1ccc(C)nc1C)c1ccc2c(c1)C(c1ccccc1)(c1ccccc1)c1ccccc1-2)c1ccccc1. The van der Waals surface area contributed by atoms with Crippen molar-refractivity contribution in [3.63, 3.8) is 0 Å². The highest BCUT2D eigenvalue weighted by Gasteiger charge is 2.46. The average Bonchev–Trinajstić information content (AvgIpc) is 3.41. The first-order chi connectivity index (χ1) is 23.0. The van der Waals surface area contributed by atoms with Crippen LogP contribution in [-0.2, 0) is 5.41 Å². The first kappa shape index (κ1) is 29.8. The zero-order valence-electron chi connectivity index (χ0n) is 26.7. The van der Waals surface area contributed by atoms with E-state index in [4.69, 9.17) is 9.98 Å². The molecule has 0 fully saturated rings. The number of pyridine rings is 1. The van der Waals surface area contributed by atoms with Crippen LogP contribution in [0.1, 0.15) is 50.3 Å². The van der Waals surface area contributed by atoms with Crippen molar-refractivity contribution in [2.24, 2.45) is 9.98 Å². The molecule has 0 atom stereocenters. The van der Waals surface area contributed by atoms with E-state index in [0.717, 1.165) is 33.8 Å². The third-order valence-corrected chi connectivity index (χ3v) is 8.98. The highest BCUT2D eigenvalue weighted by Crippen LogP contribution is 2.56. The first-order valence-electron chi connectivity index (χ1n) is 15.9. The molecule has 0 saturated carbocycles. The predicted octanol–water partition coefficient (Wildman–Crippen LogP) is 10.2. The van der Waals surface area contributed by atoms with E-state index in [0.29, 0.717) is 11.5 Å². The van der Waals surface area contributed by atoms with Gasteiger partial charge in [-0.15, -0.1) is 0 Å². The first-order valence-corrected chi connectivity index (χ1v) is 15.9. The molecule has 1 aliphatic rings. The summed E-state index contributed by atoms with van der Waals surface area (Å²) >= 11 is 0. The summed E-state index contributed by atoms with van der Waals surface area (Å²) in [6, 6.07) is 51.1. The molecule has 1 aromatic heterocycles. The van der Waals surface area contributed by atoms with Crippen molar-refractivity contribution in [2.75, 3.05) is 0 Å². The van der Waals surface area contributed by atoms with Crippen LogP contribution in [0.25, 0.3) is 16.8 Å². The van der Waals surface area contributed by atoms with Crippen molar-refractivity contribution in [3.8, 4) is 11.1 Å². The molecule has 1 heterocycles. The summed E-state index contributed by atoms with van der Waals surface area (Å²) in [5, 5.41) is 0. The largest absolute Gasteiger partial charge is 0.258 e. The predicted molar refractivity (Wildman–Crippen MR) is 196 cm³/mol. The molecule has 0 radical (unpaired) electrons. The summed E-state index contributed by atoms with van der Waals surface area (Å²) in [5.74, 6) is 0.558. The van der Waals surface area contributed by atoms with Crippen LogP contribution in [0.2, 0.25) is 0 Å². The Bertz CT molecular complexity index is 2140. The van der Waals surface area contributed by atoms with Crippen LogP contribution in [0.15, 0.2) is 175 Å². The van der Waals surface area contributed by atoms with Crippen molar-refractivity contribution in [3.05, 3.63) is 215 Å². The Balaban J connectivity index is 1.50. The number of rotatable bonds is 7. The van der Waals surface area contributed by atoms with Crippen LogP contribution >= 0.6 is 0 Å². The molecular weight excluding hydrogens is 571 g/mol. The second-order valence-corrected chi connectivity index (χ2v) is 11.8. The van der Waals surface area contributed by atoms with E-state index in [2.05, 4.69) is 121 Å². The highest BCUT2D eigenvalue weighted by molar-refractivity contribution is 6.17. The lowest BCUT2D eigenvalue weighted by atomic mass is 9.67. The van der Waals surface area contributed by atoms with Gasteiger partial charge in [-0.3, -0.25) is 4.98 Å². The molecule has 0 N–H and O–H groups in total. The van der Waals surface area contributed by atoms with Gasteiger partial charge in [-0.1, -0.05) is 141 Å². The van der Waals surface area contributed by atoms with E-state index in [9.17, 15) is 0 Å². The van der Waals surface area contributed by atoms with Crippen molar-refractivity contribution in [1.29, 1.82) is 0 Å². The maximum Gasteiger partial charge on any atom is 0.160 e. The van der Waals surface area contributed by atoms with Crippen molar-refractivity contribution in [1.82, 2.24) is 4.98 Å². The Kier molecular flexibility index (Phi) is 7.89. The molecule has 3 nitrogen and oxygen atoms in total. The van der Waals surface area contributed by atoms with Gasteiger partial charge in [-0.2, -0.15) is 0 Å². The fourth-order valence-electron chi connectivity index (χ4n) is 6.87. The number of benzene rings is 5. The number of amidine groups is 1. The summed E-state index contributed by atoms with van der Waals surface area (Å²) < 4.78 is 0. The summed E-state index contributed by atoms with van der Waals surface area (Å²) in [6.07, 6.45) is 1.79. The molecule has 6 aromatic rings. The zero-order chi connectivity index (χ0) is 32.4. The van der Waals surface area contributed by atoms with E-state index in [-0.39, 0.29) is 0 Å². The van der Waals surface area contributed by atoms with Crippen LogP contribution < -0.4 is 0 Å². The Labute approximate surface area is 277 Å². The molecule has 1 aliphatic carbocycles. The second-order valence-electron chi connectivity index (χ2n) is 11.8. The van der Waals surface area contributed by atoms with Gasteiger partial charge in [0.1, 0.15) is 0 Å². The molecule has 0 spiro atoms. The molecule has 226 valence electrons. The maximum absolute atomic E-state index is 5.18. The van der Waals surface area contributed by atoms with E-state index in [1.54, 1.807) is 6.08 Å². The molecule has 5 aromatic carbocycles. The molecule has 7 rings (SSSR count). The smallest absolute Gasteiger partial charge is 0.160 e. The number of hydrogen-bond donors (Lipinski definition) is 0. The molecule has 3 heteroatoms. The van der Waals surface area contributed by atoms with Crippen LogP contribution in [0.3, 0.4) is 0 Å². The summed E-state index contributed by atoms with van der Waals surface area (Å²) in [4.78, 5) is 15.0. The van der Waals surface area contributed by atoms with Gasteiger partial charge in [0, 0.05) is 28.1 Å². The van der Waals surface area contributed by atoms with Gasteiger partial charge in [-0.25, -0.2) is 9.98 Å². The Morgan fingerprint density at radius 2 is 1.21 bits per heavy atom. The van der Waals surface area contributed by atoms with Gasteiger partial charge < -0.3 is 0 Å². The summed E-state index contributed by atoms with van der Waals surface area (Å²) in [7, 11) is 0. The number of nitrogens with zero attached hydrogens (tertiary/aromatic N) is 3. The third-order valence-electron chi connectivity index (χ3n) is 8.98. The summed E-state index contributed by atoms with van der Waals surface area (Å²) in [5.41, 5.74) is 12.7. The van der Waals surface area contributed by atoms with Gasteiger partial charge in [0.05, 0.1) is 16.8 Å². The third kappa shape index (κ3) is 5.26. The number of allylic oxidation sites excluding steroid dienone is 1. The Morgan fingerprint density at radius 1 is 0.617 bits per heavy atom. The number of aryl methyl sites for hydroxylation is 2. The van der Waals surface area contributed by atoms with Crippen molar-refractivity contribution >= 4 is 17.2 Å². The minimum atomic E-state index is -0.533. The normalized spacial score (nSPS) is 13.5. The number of aliphatic imine (C=N–C) groups is 2.